The number of hydrogen-bond acceptors (Lipinski definition) is 4. The van der Waals surface area contributed by atoms with Crippen molar-refractivity contribution in [3.05, 3.63) is 98.4 Å². The summed E-state index contributed by atoms with van der Waals surface area (Å²) in [6.07, 6.45) is 1.48. The molecule has 3 aromatic rings. The maximum absolute atomic E-state index is 13.0. The van der Waals surface area contributed by atoms with Crippen LogP contribution in [0.1, 0.15) is 22.9 Å². The van der Waals surface area contributed by atoms with Gasteiger partial charge in [0.2, 0.25) is 0 Å². The van der Waals surface area contributed by atoms with Gasteiger partial charge in [-0.05, 0) is 54.1 Å². The van der Waals surface area contributed by atoms with E-state index in [1.807, 2.05) is 0 Å². The molecule has 0 unspecified atom stereocenters. The van der Waals surface area contributed by atoms with Crippen LogP contribution in [0, 0.1) is 0 Å². The first-order valence-corrected chi connectivity index (χ1v) is 10.0. The Labute approximate surface area is 187 Å². The molecule has 4 rings (SSSR count). The fourth-order valence-corrected chi connectivity index (χ4v) is 4.06. The lowest BCUT2D eigenvalue weighted by Crippen LogP contribution is -2.29. The number of Topliss-reactive ketones (excluding diaryl/α,β-unsaturated/α-hetero) is 1. The monoisotopic (exact) mass is 461 g/mol. The topological polar surface area (TPSA) is 70.8 Å². The van der Waals surface area contributed by atoms with Crippen molar-refractivity contribution in [1.82, 2.24) is 4.90 Å². The van der Waals surface area contributed by atoms with E-state index in [-0.39, 0.29) is 22.9 Å². The van der Waals surface area contributed by atoms with Crippen LogP contribution >= 0.6 is 34.8 Å². The second kappa shape index (κ2) is 8.19. The van der Waals surface area contributed by atoms with Crippen LogP contribution in [0.25, 0.3) is 5.76 Å². The van der Waals surface area contributed by atoms with Crippen LogP contribution in [0.4, 0.5) is 0 Å². The number of hydrogen-bond donors (Lipinski definition) is 1. The third-order valence-corrected chi connectivity index (χ3v) is 5.64. The number of aliphatic hydroxyl groups is 1. The number of carbonyl (C=O) groups excluding carboxylic acids is 2. The molecule has 1 atom stereocenters. The minimum absolute atomic E-state index is 0.0264. The molecule has 1 aromatic heterocycles. The molecule has 1 aliphatic heterocycles. The molecule has 30 heavy (non-hydrogen) atoms. The zero-order valence-corrected chi connectivity index (χ0v) is 17.6. The predicted molar refractivity (Wildman–Crippen MR) is 114 cm³/mol. The van der Waals surface area contributed by atoms with Gasteiger partial charge in [0.05, 0.1) is 24.4 Å². The first kappa shape index (κ1) is 20.5. The Balaban J connectivity index is 1.90. The highest BCUT2D eigenvalue weighted by Gasteiger charge is 2.47. The molecule has 0 radical (unpaired) electrons. The van der Waals surface area contributed by atoms with E-state index in [1.54, 1.807) is 48.5 Å². The highest BCUT2D eigenvalue weighted by atomic mass is 35.5. The third kappa shape index (κ3) is 3.72. The molecule has 0 bridgehead atoms. The van der Waals surface area contributed by atoms with E-state index in [9.17, 15) is 14.7 Å². The lowest BCUT2D eigenvalue weighted by Gasteiger charge is -2.25. The summed E-state index contributed by atoms with van der Waals surface area (Å²) in [5.41, 5.74) is 0.742. The van der Waals surface area contributed by atoms with Gasteiger partial charge < -0.3 is 14.4 Å². The molecule has 0 spiro atoms. The Bertz CT molecular complexity index is 1150. The molecular formula is C22H14Cl3NO4. The van der Waals surface area contributed by atoms with Crippen molar-refractivity contribution in [2.75, 3.05) is 0 Å². The molecule has 1 N–H and O–H groups in total. The molecule has 5 nitrogen and oxygen atoms in total. The van der Waals surface area contributed by atoms with Crippen LogP contribution in [0.2, 0.25) is 15.1 Å². The van der Waals surface area contributed by atoms with Gasteiger partial charge in [-0.25, -0.2) is 0 Å². The van der Waals surface area contributed by atoms with Crippen molar-refractivity contribution in [2.45, 2.75) is 12.6 Å². The lowest BCUT2D eigenvalue weighted by atomic mass is 9.95. The van der Waals surface area contributed by atoms with Gasteiger partial charge in [-0.15, -0.1) is 0 Å². The number of nitrogens with zero attached hydrogens (tertiary/aromatic N) is 1. The van der Waals surface area contributed by atoms with Crippen LogP contribution in [0.3, 0.4) is 0 Å². The highest BCUT2D eigenvalue weighted by Crippen LogP contribution is 2.43. The molecule has 1 fully saturated rings. The Morgan fingerprint density at radius 2 is 1.70 bits per heavy atom. The molecule has 1 aliphatic rings. The van der Waals surface area contributed by atoms with Gasteiger partial charge in [-0.3, -0.25) is 9.59 Å². The van der Waals surface area contributed by atoms with E-state index in [4.69, 9.17) is 39.2 Å². The summed E-state index contributed by atoms with van der Waals surface area (Å²) in [7, 11) is 0. The predicted octanol–water partition coefficient (Wildman–Crippen LogP) is 5.86. The van der Waals surface area contributed by atoms with Crippen molar-refractivity contribution in [2.24, 2.45) is 0 Å². The fourth-order valence-electron chi connectivity index (χ4n) is 3.42. The normalized spacial score (nSPS) is 18.2. The van der Waals surface area contributed by atoms with Crippen LogP contribution in [-0.4, -0.2) is 21.7 Å². The Morgan fingerprint density at radius 3 is 2.33 bits per heavy atom. The van der Waals surface area contributed by atoms with Crippen molar-refractivity contribution in [3.8, 4) is 0 Å². The average molecular weight is 463 g/mol. The van der Waals surface area contributed by atoms with Crippen LogP contribution in [-0.2, 0) is 16.1 Å². The Morgan fingerprint density at radius 1 is 1.00 bits per heavy atom. The summed E-state index contributed by atoms with van der Waals surface area (Å²) in [4.78, 5) is 27.2. The number of halogens is 3. The Hall–Kier alpha value is -2.73. The SMILES string of the molecule is O=C1C(=O)N(Cc2ccco2)[C@H](c2ccc(Cl)cc2Cl)/C1=C(\O)c1ccc(Cl)cc1. The van der Waals surface area contributed by atoms with E-state index in [0.29, 0.717) is 26.9 Å². The molecule has 152 valence electrons. The van der Waals surface area contributed by atoms with Crippen LogP contribution in [0.5, 0.6) is 0 Å². The molecule has 0 aliphatic carbocycles. The average Bonchev–Trinajstić information content (AvgIpc) is 3.31. The summed E-state index contributed by atoms with van der Waals surface area (Å²) < 4.78 is 5.35. The minimum Gasteiger partial charge on any atom is -0.507 e. The summed E-state index contributed by atoms with van der Waals surface area (Å²) in [6, 6.07) is 13.5. The number of ketones is 1. The highest BCUT2D eigenvalue weighted by molar-refractivity contribution is 6.47. The fraction of sp³-hybridized carbons (Fsp3) is 0.0909. The number of likely N-dealkylation sites (tertiary alicyclic amines) is 1. The van der Waals surface area contributed by atoms with E-state index >= 15 is 0 Å². The lowest BCUT2D eigenvalue weighted by molar-refractivity contribution is -0.140. The smallest absolute Gasteiger partial charge is 0.296 e. The quantitative estimate of drug-likeness (QED) is 0.299. The molecule has 2 aromatic carbocycles. The number of furan rings is 1. The first-order chi connectivity index (χ1) is 14.4. The van der Waals surface area contributed by atoms with E-state index in [1.165, 1.54) is 17.2 Å². The zero-order valence-electron chi connectivity index (χ0n) is 15.3. The van der Waals surface area contributed by atoms with Gasteiger partial charge in [0, 0.05) is 20.6 Å². The van der Waals surface area contributed by atoms with Crippen molar-refractivity contribution < 1.29 is 19.1 Å². The van der Waals surface area contributed by atoms with E-state index in [2.05, 4.69) is 0 Å². The van der Waals surface area contributed by atoms with Gasteiger partial charge in [0.25, 0.3) is 11.7 Å². The largest absolute Gasteiger partial charge is 0.507 e. The second-order valence-electron chi connectivity index (χ2n) is 6.68. The summed E-state index contributed by atoms with van der Waals surface area (Å²) in [5, 5.41) is 12.1. The number of benzene rings is 2. The van der Waals surface area contributed by atoms with Gasteiger partial charge in [-0.2, -0.15) is 0 Å². The van der Waals surface area contributed by atoms with Crippen molar-refractivity contribution in [3.63, 3.8) is 0 Å². The maximum Gasteiger partial charge on any atom is 0.296 e. The first-order valence-electron chi connectivity index (χ1n) is 8.88. The maximum atomic E-state index is 13.0. The van der Waals surface area contributed by atoms with Crippen LogP contribution < -0.4 is 0 Å². The number of amides is 1. The molecule has 1 saturated heterocycles. The minimum atomic E-state index is -0.921. The standard InChI is InChI=1S/C22H14Cl3NO4/c23-13-5-3-12(4-6-13)20(27)18-19(16-8-7-14(24)10-17(16)25)26(22(29)21(18)28)11-15-2-1-9-30-15/h1-10,19,27H,11H2/b20-18+/t19-/m1/s1. The summed E-state index contributed by atoms with van der Waals surface area (Å²) >= 11 is 18.4. The Kier molecular flexibility index (Phi) is 5.60. The third-order valence-electron chi connectivity index (χ3n) is 4.82. The molecule has 1 amide bonds. The summed E-state index contributed by atoms with van der Waals surface area (Å²) in [6.45, 7) is 0.0264. The van der Waals surface area contributed by atoms with E-state index < -0.39 is 17.7 Å². The van der Waals surface area contributed by atoms with Crippen molar-refractivity contribution >= 4 is 52.3 Å². The number of aliphatic hydroxyl groups excluding tert-OH is 1. The summed E-state index contributed by atoms with van der Waals surface area (Å²) in [5.74, 6) is -1.41. The molecule has 2 heterocycles. The van der Waals surface area contributed by atoms with Crippen LogP contribution in [0.15, 0.2) is 70.9 Å². The molecular weight excluding hydrogens is 449 g/mol. The van der Waals surface area contributed by atoms with Gasteiger partial charge in [-0.1, -0.05) is 40.9 Å². The second-order valence-corrected chi connectivity index (χ2v) is 7.96. The zero-order chi connectivity index (χ0) is 21.4. The van der Waals surface area contributed by atoms with Gasteiger partial charge in [0.1, 0.15) is 11.5 Å². The van der Waals surface area contributed by atoms with Crippen molar-refractivity contribution in [1.29, 1.82) is 0 Å². The van der Waals surface area contributed by atoms with Gasteiger partial charge in [0.15, 0.2) is 0 Å². The molecule has 8 heteroatoms. The van der Waals surface area contributed by atoms with E-state index in [0.717, 1.165) is 0 Å². The number of carbonyl (C=O) groups is 2. The van der Waals surface area contributed by atoms with Gasteiger partial charge >= 0.3 is 0 Å². The number of rotatable bonds is 4. The molecule has 0 saturated carbocycles.